The van der Waals surface area contributed by atoms with E-state index in [0.717, 1.165) is 37.8 Å². The summed E-state index contributed by atoms with van der Waals surface area (Å²) in [7, 11) is 0. The van der Waals surface area contributed by atoms with E-state index in [1.165, 1.54) is 70.6 Å². The molecule has 0 aromatic heterocycles. The van der Waals surface area contributed by atoms with Gasteiger partial charge in [-0.15, -0.1) is 0 Å². The zero-order valence-electron chi connectivity index (χ0n) is 21.3. The Morgan fingerprint density at radius 3 is 2.52 bits per heavy atom. The first-order valence-electron chi connectivity index (χ1n) is 13.5. The van der Waals surface area contributed by atoms with E-state index in [1.54, 1.807) is 0 Å². The molecule has 1 rings (SSSR count). The number of esters is 1. The number of nitrogens with one attached hydrogen (secondary N) is 1. The lowest BCUT2D eigenvalue weighted by Crippen LogP contribution is -2.26. The van der Waals surface area contributed by atoms with E-state index in [2.05, 4.69) is 33.0 Å². The molecule has 0 amide bonds. The summed E-state index contributed by atoms with van der Waals surface area (Å²) in [6, 6.07) is 0. The van der Waals surface area contributed by atoms with E-state index >= 15 is 0 Å². The minimum Gasteiger partial charge on any atom is -0.463 e. The predicted molar refractivity (Wildman–Crippen MR) is 131 cm³/mol. The number of carbonyl (C=O) groups excluding carboxylic acids is 1. The normalized spacial score (nSPS) is 20.2. The zero-order chi connectivity index (χ0) is 22.7. The summed E-state index contributed by atoms with van der Waals surface area (Å²) in [6.45, 7) is 12.8. The van der Waals surface area contributed by atoms with Crippen molar-refractivity contribution in [2.75, 3.05) is 32.9 Å². The topological polar surface area (TPSA) is 47.6 Å². The van der Waals surface area contributed by atoms with Crippen molar-refractivity contribution < 1.29 is 14.3 Å². The molecule has 1 fully saturated rings. The van der Waals surface area contributed by atoms with Gasteiger partial charge in [-0.05, 0) is 43.6 Å². The molecular formula is C27H53NO3. The summed E-state index contributed by atoms with van der Waals surface area (Å²) in [6.07, 6.45) is 16.3. The van der Waals surface area contributed by atoms with Crippen LogP contribution >= 0.6 is 0 Å². The van der Waals surface area contributed by atoms with Gasteiger partial charge in [0.1, 0.15) is 6.61 Å². The molecule has 4 heteroatoms. The minimum atomic E-state index is 0.00745. The van der Waals surface area contributed by atoms with E-state index in [0.29, 0.717) is 25.7 Å². The van der Waals surface area contributed by atoms with E-state index in [4.69, 9.17) is 9.47 Å². The number of unbranched alkanes of at least 4 members (excludes halogenated alkanes) is 2. The Hall–Kier alpha value is -0.610. The summed E-state index contributed by atoms with van der Waals surface area (Å²) in [5, 5.41) is 3.38. The van der Waals surface area contributed by atoms with Crippen LogP contribution in [0.15, 0.2) is 0 Å². The van der Waals surface area contributed by atoms with Crippen LogP contribution in [0.5, 0.6) is 0 Å². The number of rotatable bonds is 19. The largest absolute Gasteiger partial charge is 0.463 e. The van der Waals surface area contributed by atoms with E-state index in [1.807, 2.05) is 0 Å². The van der Waals surface area contributed by atoms with Gasteiger partial charge in [0.15, 0.2) is 0 Å². The maximum atomic E-state index is 12.4. The van der Waals surface area contributed by atoms with Crippen LogP contribution in [0.1, 0.15) is 111 Å². The van der Waals surface area contributed by atoms with Crippen LogP contribution < -0.4 is 5.32 Å². The highest BCUT2D eigenvalue weighted by Gasteiger charge is 2.28. The fourth-order valence-corrected chi connectivity index (χ4v) is 4.73. The van der Waals surface area contributed by atoms with Crippen LogP contribution in [-0.4, -0.2) is 38.9 Å². The van der Waals surface area contributed by atoms with Gasteiger partial charge in [0.25, 0.3) is 0 Å². The second kappa shape index (κ2) is 18.9. The zero-order valence-corrected chi connectivity index (χ0v) is 21.3. The smallest absolute Gasteiger partial charge is 0.309 e. The highest BCUT2D eigenvalue weighted by molar-refractivity contribution is 5.72. The van der Waals surface area contributed by atoms with Crippen LogP contribution in [-0.2, 0) is 14.3 Å². The molecule has 0 aromatic rings. The van der Waals surface area contributed by atoms with Crippen LogP contribution in [0.2, 0.25) is 0 Å². The number of ether oxygens (including phenoxy) is 2. The molecule has 4 nitrogen and oxygen atoms in total. The molecule has 0 spiro atoms. The Bertz CT molecular complexity index is 427. The SMILES string of the molecule is CCCCCNCCOCCOC(=O)C1CCCC(CCCC(C)CCCC(C)C)C1. The molecule has 1 aliphatic carbocycles. The maximum absolute atomic E-state index is 12.4. The molecule has 3 atom stereocenters. The van der Waals surface area contributed by atoms with Crippen molar-refractivity contribution in [3.63, 3.8) is 0 Å². The van der Waals surface area contributed by atoms with Gasteiger partial charge in [-0.2, -0.15) is 0 Å². The highest BCUT2D eigenvalue weighted by Crippen LogP contribution is 2.33. The minimum absolute atomic E-state index is 0.00745. The van der Waals surface area contributed by atoms with Crippen LogP contribution in [0.4, 0.5) is 0 Å². The average molecular weight is 440 g/mol. The van der Waals surface area contributed by atoms with Crippen LogP contribution in [0, 0.1) is 23.7 Å². The number of carbonyl (C=O) groups is 1. The van der Waals surface area contributed by atoms with Crippen molar-refractivity contribution in [1.82, 2.24) is 5.32 Å². The third-order valence-electron chi connectivity index (χ3n) is 6.76. The van der Waals surface area contributed by atoms with Crippen molar-refractivity contribution >= 4 is 5.97 Å². The molecule has 0 radical (unpaired) electrons. The first-order valence-corrected chi connectivity index (χ1v) is 13.5. The van der Waals surface area contributed by atoms with Gasteiger partial charge in [0.05, 0.1) is 19.1 Å². The number of hydrogen-bond acceptors (Lipinski definition) is 4. The van der Waals surface area contributed by atoms with Gasteiger partial charge in [0.2, 0.25) is 0 Å². The molecule has 0 bridgehead atoms. The van der Waals surface area contributed by atoms with Gasteiger partial charge in [-0.25, -0.2) is 0 Å². The third kappa shape index (κ3) is 15.8. The monoisotopic (exact) mass is 439 g/mol. The molecule has 0 aliphatic heterocycles. The third-order valence-corrected chi connectivity index (χ3v) is 6.76. The summed E-state index contributed by atoms with van der Waals surface area (Å²) < 4.78 is 11.1. The summed E-state index contributed by atoms with van der Waals surface area (Å²) in [4.78, 5) is 12.4. The quantitative estimate of drug-likeness (QED) is 0.178. The van der Waals surface area contributed by atoms with E-state index in [-0.39, 0.29) is 11.9 Å². The van der Waals surface area contributed by atoms with Crippen LogP contribution in [0.25, 0.3) is 0 Å². The lowest BCUT2D eigenvalue weighted by molar-refractivity contribution is -0.151. The average Bonchev–Trinajstić information content (AvgIpc) is 2.75. The second-order valence-electron chi connectivity index (χ2n) is 10.3. The van der Waals surface area contributed by atoms with Crippen LogP contribution in [0.3, 0.4) is 0 Å². The first kappa shape index (κ1) is 28.4. The molecule has 1 aliphatic rings. The molecule has 1 saturated carbocycles. The van der Waals surface area contributed by atoms with Gasteiger partial charge < -0.3 is 14.8 Å². The van der Waals surface area contributed by atoms with Crippen molar-refractivity contribution in [2.45, 2.75) is 111 Å². The molecule has 184 valence electrons. The molecule has 1 N–H and O–H groups in total. The second-order valence-corrected chi connectivity index (χ2v) is 10.3. The molecule has 31 heavy (non-hydrogen) atoms. The van der Waals surface area contributed by atoms with Crippen molar-refractivity contribution in [3.8, 4) is 0 Å². The Morgan fingerprint density at radius 2 is 1.74 bits per heavy atom. The molecule has 0 heterocycles. The van der Waals surface area contributed by atoms with Crippen molar-refractivity contribution in [3.05, 3.63) is 0 Å². The lowest BCUT2D eigenvalue weighted by Gasteiger charge is -2.28. The number of hydrogen-bond donors (Lipinski definition) is 1. The van der Waals surface area contributed by atoms with Gasteiger partial charge in [-0.1, -0.05) is 91.9 Å². The molecular weight excluding hydrogens is 386 g/mol. The Kier molecular flexibility index (Phi) is 17.3. The lowest BCUT2D eigenvalue weighted by atomic mass is 9.78. The van der Waals surface area contributed by atoms with E-state index in [9.17, 15) is 4.79 Å². The predicted octanol–water partition coefficient (Wildman–Crippen LogP) is 6.77. The summed E-state index contributed by atoms with van der Waals surface area (Å²) in [5.74, 6) is 2.50. The van der Waals surface area contributed by atoms with Gasteiger partial charge >= 0.3 is 5.97 Å². The Morgan fingerprint density at radius 1 is 0.935 bits per heavy atom. The van der Waals surface area contributed by atoms with Gasteiger partial charge in [-0.3, -0.25) is 4.79 Å². The fourth-order valence-electron chi connectivity index (χ4n) is 4.73. The maximum Gasteiger partial charge on any atom is 0.309 e. The van der Waals surface area contributed by atoms with Crippen molar-refractivity contribution in [1.29, 1.82) is 0 Å². The highest BCUT2D eigenvalue weighted by atomic mass is 16.6. The Labute approximate surface area is 193 Å². The standard InChI is InChI=1S/C27H53NO3/c1-5-6-7-17-28-18-19-30-20-21-31-27(29)26-16-10-15-25(22-26)14-9-13-24(4)12-8-11-23(2)3/h23-26,28H,5-22H2,1-4H3. The van der Waals surface area contributed by atoms with E-state index < -0.39 is 0 Å². The van der Waals surface area contributed by atoms with Crippen molar-refractivity contribution in [2.24, 2.45) is 23.7 Å². The Balaban J connectivity index is 2.04. The summed E-state index contributed by atoms with van der Waals surface area (Å²) >= 11 is 0. The summed E-state index contributed by atoms with van der Waals surface area (Å²) in [5.41, 5.74) is 0. The molecule has 3 unspecified atom stereocenters. The van der Waals surface area contributed by atoms with Gasteiger partial charge in [0, 0.05) is 6.54 Å². The first-order chi connectivity index (χ1) is 15.0. The fraction of sp³-hybridized carbons (Fsp3) is 0.963. The molecule has 0 saturated heterocycles. The molecule has 0 aromatic carbocycles.